The second-order valence-electron chi connectivity index (χ2n) is 4.28. The highest BCUT2D eigenvalue weighted by Crippen LogP contribution is 2.19. The van der Waals surface area contributed by atoms with Crippen molar-refractivity contribution in [2.75, 3.05) is 0 Å². The van der Waals surface area contributed by atoms with E-state index in [4.69, 9.17) is 5.26 Å². The van der Waals surface area contributed by atoms with Gasteiger partial charge in [0.2, 0.25) is 0 Å². The Morgan fingerprint density at radius 2 is 1.42 bits per heavy atom. The molecule has 0 aliphatic heterocycles. The lowest BCUT2D eigenvalue weighted by molar-refractivity contribution is 0.922. The lowest BCUT2D eigenvalue weighted by atomic mass is 10.1. The van der Waals surface area contributed by atoms with Gasteiger partial charge in [0.1, 0.15) is 0 Å². The summed E-state index contributed by atoms with van der Waals surface area (Å²) in [5, 5.41) is 17.0. The number of benzene rings is 2. The summed E-state index contributed by atoms with van der Waals surface area (Å²) >= 11 is 0. The molecule has 0 bridgehead atoms. The van der Waals surface area contributed by atoms with Gasteiger partial charge < -0.3 is 0 Å². The first kappa shape index (κ1) is 13.0. The van der Waals surface area contributed by atoms with Crippen LogP contribution in [-0.2, 0) is 6.42 Å². The largest absolute Gasteiger partial charge is 0.192 e. The molecule has 3 nitrogen and oxygen atoms in total. The van der Waals surface area contributed by atoms with E-state index in [-0.39, 0.29) is 0 Å². The molecule has 0 aromatic heterocycles. The predicted molar refractivity (Wildman–Crippen MR) is 75.8 cm³/mol. The van der Waals surface area contributed by atoms with Crippen molar-refractivity contribution in [3.05, 3.63) is 59.7 Å². The summed E-state index contributed by atoms with van der Waals surface area (Å²) in [7, 11) is 0. The predicted octanol–water partition coefficient (Wildman–Crippen LogP) is 4.93. The molecule has 0 fully saturated rings. The van der Waals surface area contributed by atoms with Gasteiger partial charge in [-0.05, 0) is 48.4 Å². The van der Waals surface area contributed by atoms with Crippen molar-refractivity contribution < 1.29 is 0 Å². The Morgan fingerprint density at radius 1 is 0.895 bits per heavy atom. The van der Waals surface area contributed by atoms with Gasteiger partial charge in [0.15, 0.2) is 0 Å². The SMILES string of the molecule is CCCc1ccc(N=Nc2ccc(C#N)cc2)cc1. The number of rotatable bonds is 4. The van der Waals surface area contributed by atoms with Gasteiger partial charge >= 0.3 is 0 Å². The second kappa shape index (κ2) is 6.46. The van der Waals surface area contributed by atoms with Crippen LogP contribution in [0.15, 0.2) is 58.8 Å². The standard InChI is InChI=1S/C16H15N3/c1-2-3-13-4-8-15(9-5-13)18-19-16-10-6-14(12-17)7-11-16/h4-11H,2-3H2,1H3. The third kappa shape index (κ3) is 3.75. The van der Waals surface area contributed by atoms with Crippen LogP contribution in [0.5, 0.6) is 0 Å². The van der Waals surface area contributed by atoms with Crippen molar-refractivity contribution in [2.24, 2.45) is 10.2 Å². The number of hydrogen-bond donors (Lipinski definition) is 0. The van der Waals surface area contributed by atoms with Crippen molar-refractivity contribution in [2.45, 2.75) is 19.8 Å². The first-order chi connectivity index (χ1) is 9.31. The van der Waals surface area contributed by atoms with E-state index in [2.05, 4.69) is 35.4 Å². The molecule has 0 N–H and O–H groups in total. The van der Waals surface area contributed by atoms with E-state index < -0.39 is 0 Å². The smallest absolute Gasteiger partial charge is 0.0991 e. The lowest BCUT2D eigenvalue weighted by Gasteiger charge is -1.98. The van der Waals surface area contributed by atoms with Crippen LogP contribution in [-0.4, -0.2) is 0 Å². The molecule has 0 amide bonds. The third-order valence-electron chi connectivity index (χ3n) is 2.75. The normalized spacial score (nSPS) is 10.5. The van der Waals surface area contributed by atoms with E-state index in [0.29, 0.717) is 5.56 Å². The number of azo groups is 1. The van der Waals surface area contributed by atoms with E-state index in [1.165, 1.54) is 5.56 Å². The average molecular weight is 249 g/mol. The van der Waals surface area contributed by atoms with Crippen molar-refractivity contribution in [3.63, 3.8) is 0 Å². The highest BCUT2D eigenvalue weighted by atomic mass is 15.1. The van der Waals surface area contributed by atoms with Crippen molar-refractivity contribution in [3.8, 4) is 6.07 Å². The Morgan fingerprint density at radius 3 is 1.89 bits per heavy atom. The molecule has 3 heteroatoms. The van der Waals surface area contributed by atoms with E-state index >= 15 is 0 Å². The Kier molecular flexibility index (Phi) is 4.41. The summed E-state index contributed by atoms with van der Waals surface area (Å²) in [5.41, 5.74) is 3.53. The van der Waals surface area contributed by atoms with Crippen molar-refractivity contribution >= 4 is 11.4 Å². The molecule has 0 aliphatic carbocycles. The number of nitrogens with zero attached hydrogens (tertiary/aromatic N) is 3. The maximum atomic E-state index is 8.70. The molecule has 0 aliphatic rings. The highest BCUT2D eigenvalue weighted by molar-refractivity contribution is 5.44. The summed E-state index contributed by atoms with van der Waals surface area (Å²) < 4.78 is 0. The molecule has 0 unspecified atom stereocenters. The minimum absolute atomic E-state index is 0.628. The summed E-state index contributed by atoms with van der Waals surface area (Å²) in [6, 6.07) is 17.2. The van der Waals surface area contributed by atoms with Gasteiger partial charge in [-0.3, -0.25) is 0 Å². The molecule has 2 aromatic rings. The van der Waals surface area contributed by atoms with Crippen molar-refractivity contribution in [1.82, 2.24) is 0 Å². The second-order valence-corrected chi connectivity index (χ2v) is 4.28. The fraction of sp³-hybridized carbons (Fsp3) is 0.188. The zero-order chi connectivity index (χ0) is 13.5. The Balaban J connectivity index is 2.07. The van der Waals surface area contributed by atoms with Crippen LogP contribution in [0.1, 0.15) is 24.5 Å². The molecule has 0 spiro atoms. The van der Waals surface area contributed by atoms with Gasteiger partial charge in [-0.25, -0.2) is 0 Å². The van der Waals surface area contributed by atoms with E-state index in [1.54, 1.807) is 24.3 Å². The summed E-state index contributed by atoms with van der Waals surface area (Å²) in [4.78, 5) is 0. The molecule has 0 saturated heterocycles. The summed E-state index contributed by atoms with van der Waals surface area (Å²) in [6.07, 6.45) is 2.24. The molecule has 0 atom stereocenters. The maximum absolute atomic E-state index is 8.70. The number of aryl methyl sites for hydroxylation is 1. The van der Waals surface area contributed by atoms with E-state index in [1.807, 2.05) is 12.1 Å². The van der Waals surface area contributed by atoms with Crippen LogP contribution >= 0.6 is 0 Å². The molecular formula is C16H15N3. The maximum Gasteiger partial charge on any atom is 0.0991 e. The molecule has 94 valence electrons. The number of nitriles is 1. The van der Waals surface area contributed by atoms with Gasteiger partial charge in [0.25, 0.3) is 0 Å². The number of hydrogen-bond acceptors (Lipinski definition) is 3. The van der Waals surface area contributed by atoms with Gasteiger partial charge in [-0.2, -0.15) is 15.5 Å². The van der Waals surface area contributed by atoms with E-state index in [9.17, 15) is 0 Å². The fourth-order valence-corrected chi connectivity index (χ4v) is 1.74. The summed E-state index contributed by atoms with van der Waals surface area (Å²) in [5.74, 6) is 0. The average Bonchev–Trinajstić information content (AvgIpc) is 2.47. The Bertz CT molecular complexity index is 589. The van der Waals surface area contributed by atoms with Gasteiger partial charge in [0, 0.05) is 0 Å². The molecule has 0 heterocycles. The van der Waals surface area contributed by atoms with Crippen LogP contribution in [0, 0.1) is 11.3 Å². The Labute approximate surface area is 113 Å². The minimum atomic E-state index is 0.628. The quantitative estimate of drug-likeness (QED) is 0.709. The first-order valence-corrected chi connectivity index (χ1v) is 6.32. The Hall–Kier alpha value is -2.47. The third-order valence-corrected chi connectivity index (χ3v) is 2.75. The molecular weight excluding hydrogens is 234 g/mol. The van der Waals surface area contributed by atoms with Crippen LogP contribution in [0.4, 0.5) is 11.4 Å². The van der Waals surface area contributed by atoms with Gasteiger partial charge in [-0.1, -0.05) is 25.5 Å². The van der Waals surface area contributed by atoms with E-state index in [0.717, 1.165) is 24.2 Å². The minimum Gasteiger partial charge on any atom is -0.192 e. The fourth-order valence-electron chi connectivity index (χ4n) is 1.74. The van der Waals surface area contributed by atoms with Crippen LogP contribution in [0.25, 0.3) is 0 Å². The van der Waals surface area contributed by atoms with Crippen LogP contribution in [0.3, 0.4) is 0 Å². The monoisotopic (exact) mass is 249 g/mol. The lowest BCUT2D eigenvalue weighted by Crippen LogP contribution is -1.80. The highest BCUT2D eigenvalue weighted by Gasteiger charge is 1.94. The molecule has 19 heavy (non-hydrogen) atoms. The topological polar surface area (TPSA) is 48.5 Å². The zero-order valence-electron chi connectivity index (χ0n) is 10.9. The van der Waals surface area contributed by atoms with Crippen LogP contribution < -0.4 is 0 Å². The van der Waals surface area contributed by atoms with Crippen LogP contribution in [0.2, 0.25) is 0 Å². The van der Waals surface area contributed by atoms with Gasteiger partial charge in [-0.15, -0.1) is 0 Å². The summed E-state index contributed by atoms with van der Waals surface area (Å²) in [6.45, 7) is 2.17. The van der Waals surface area contributed by atoms with Gasteiger partial charge in [0.05, 0.1) is 23.0 Å². The zero-order valence-corrected chi connectivity index (χ0v) is 10.9. The molecule has 2 aromatic carbocycles. The first-order valence-electron chi connectivity index (χ1n) is 6.32. The molecule has 2 rings (SSSR count). The van der Waals surface area contributed by atoms with Crippen molar-refractivity contribution in [1.29, 1.82) is 5.26 Å². The molecule has 0 saturated carbocycles. The molecule has 0 radical (unpaired) electrons.